The number of aryl methyl sites for hydroxylation is 1. The zero-order valence-corrected chi connectivity index (χ0v) is 11.1. The van der Waals surface area contributed by atoms with Crippen LogP contribution in [0.3, 0.4) is 0 Å². The average Bonchev–Trinajstić information content (AvgIpc) is 2.88. The maximum Gasteiger partial charge on any atom is 0.241 e. The molecule has 0 bridgehead atoms. The number of benzene rings is 1. The molecule has 0 atom stereocenters. The molecule has 1 aliphatic rings. The van der Waals surface area contributed by atoms with Gasteiger partial charge in [-0.1, -0.05) is 28.9 Å². The predicted molar refractivity (Wildman–Crippen MR) is 72.6 cm³/mol. The lowest BCUT2D eigenvalue weighted by Gasteiger charge is -2.25. The largest absolute Gasteiger partial charge is 0.338 e. The van der Waals surface area contributed by atoms with Gasteiger partial charge in [-0.3, -0.25) is 4.90 Å². The maximum atomic E-state index is 5.34. The Kier molecular flexibility index (Phi) is 3.57. The van der Waals surface area contributed by atoms with E-state index in [-0.39, 0.29) is 0 Å². The molecule has 100 valence electrons. The summed E-state index contributed by atoms with van der Waals surface area (Å²) in [4.78, 5) is 6.80. The van der Waals surface area contributed by atoms with E-state index >= 15 is 0 Å². The molecule has 1 N–H and O–H groups in total. The summed E-state index contributed by atoms with van der Waals surface area (Å²) < 4.78 is 5.34. The van der Waals surface area contributed by atoms with Crippen LogP contribution in [0.2, 0.25) is 0 Å². The predicted octanol–water partition coefficient (Wildman–Crippen LogP) is 1.45. The Balaban J connectivity index is 1.72. The van der Waals surface area contributed by atoms with Crippen LogP contribution in [0.1, 0.15) is 11.5 Å². The Bertz CT molecular complexity index is 546. The summed E-state index contributed by atoms with van der Waals surface area (Å²) in [7, 11) is 0. The normalized spacial score (nSPS) is 16.7. The Morgan fingerprint density at radius 1 is 1.32 bits per heavy atom. The first-order valence-electron chi connectivity index (χ1n) is 6.64. The average molecular weight is 258 g/mol. The molecule has 0 aliphatic carbocycles. The Labute approximate surface area is 112 Å². The van der Waals surface area contributed by atoms with E-state index in [1.165, 1.54) is 5.56 Å². The Morgan fingerprint density at radius 3 is 2.95 bits per heavy atom. The molecular formula is C14H18N4O. The molecule has 2 aromatic rings. The van der Waals surface area contributed by atoms with Gasteiger partial charge in [0.2, 0.25) is 11.7 Å². The van der Waals surface area contributed by atoms with Crippen molar-refractivity contribution in [1.82, 2.24) is 20.4 Å². The van der Waals surface area contributed by atoms with Crippen molar-refractivity contribution in [1.29, 1.82) is 0 Å². The van der Waals surface area contributed by atoms with Crippen LogP contribution in [-0.2, 0) is 6.54 Å². The van der Waals surface area contributed by atoms with Gasteiger partial charge in [-0.05, 0) is 13.0 Å². The third-order valence-electron chi connectivity index (χ3n) is 3.31. The molecule has 1 aromatic heterocycles. The summed E-state index contributed by atoms with van der Waals surface area (Å²) >= 11 is 0. The topological polar surface area (TPSA) is 54.2 Å². The van der Waals surface area contributed by atoms with Crippen LogP contribution in [0.15, 0.2) is 28.8 Å². The van der Waals surface area contributed by atoms with Crippen LogP contribution in [-0.4, -0.2) is 41.2 Å². The monoisotopic (exact) mass is 258 g/mol. The first-order valence-corrected chi connectivity index (χ1v) is 6.64. The van der Waals surface area contributed by atoms with E-state index in [9.17, 15) is 0 Å². The van der Waals surface area contributed by atoms with Crippen LogP contribution >= 0.6 is 0 Å². The minimum atomic E-state index is 0.675. The number of piperazine rings is 1. The van der Waals surface area contributed by atoms with Gasteiger partial charge in [0.1, 0.15) is 0 Å². The van der Waals surface area contributed by atoms with Gasteiger partial charge in [-0.25, -0.2) is 0 Å². The second-order valence-corrected chi connectivity index (χ2v) is 4.91. The fourth-order valence-corrected chi connectivity index (χ4v) is 2.28. The zero-order chi connectivity index (χ0) is 13.1. The first-order chi connectivity index (χ1) is 9.31. The van der Waals surface area contributed by atoms with Crippen LogP contribution in [0.25, 0.3) is 11.4 Å². The van der Waals surface area contributed by atoms with Gasteiger partial charge in [0.15, 0.2) is 0 Å². The molecule has 1 aromatic carbocycles. The molecule has 1 fully saturated rings. The van der Waals surface area contributed by atoms with E-state index in [0.29, 0.717) is 11.7 Å². The lowest BCUT2D eigenvalue weighted by atomic mass is 10.1. The molecule has 2 heterocycles. The molecule has 0 spiro atoms. The highest BCUT2D eigenvalue weighted by Crippen LogP contribution is 2.17. The third kappa shape index (κ3) is 3.00. The van der Waals surface area contributed by atoms with Gasteiger partial charge in [0.05, 0.1) is 6.54 Å². The van der Waals surface area contributed by atoms with Gasteiger partial charge in [0, 0.05) is 31.7 Å². The van der Waals surface area contributed by atoms with Crippen molar-refractivity contribution in [2.45, 2.75) is 13.5 Å². The molecule has 0 radical (unpaired) electrons. The Hall–Kier alpha value is -1.72. The smallest absolute Gasteiger partial charge is 0.241 e. The van der Waals surface area contributed by atoms with Crippen LogP contribution in [0, 0.1) is 6.92 Å². The van der Waals surface area contributed by atoms with Crippen LogP contribution < -0.4 is 5.32 Å². The second-order valence-electron chi connectivity index (χ2n) is 4.91. The fourth-order valence-electron chi connectivity index (χ4n) is 2.28. The minimum absolute atomic E-state index is 0.675. The molecule has 0 amide bonds. The van der Waals surface area contributed by atoms with Gasteiger partial charge in [-0.2, -0.15) is 4.98 Å². The summed E-state index contributed by atoms with van der Waals surface area (Å²) in [6.07, 6.45) is 0. The number of rotatable bonds is 3. The van der Waals surface area contributed by atoms with Crippen molar-refractivity contribution < 1.29 is 4.52 Å². The van der Waals surface area contributed by atoms with Crippen molar-refractivity contribution in [2.75, 3.05) is 26.2 Å². The van der Waals surface area contributed by atoms with Crippen molar-refractivity contribution in [3.8, 4) is 11.4 Å². The van der Waals surface area contributed by atoms with E-state index in [0.717, 1.165) is 38.3 Å². The van der Waals surface area contributed by atoms with Crippen molar-refractivity contribution in [3.05, 3.63) is 35.7 Å². The van der Waals surface area contributed by atoms with E-state index in [1.807, 2.05) is 12.1 Å². The lowest BCUT2D eigenvalue weighted by molar-refractivity contribution is 0.203. The summed E-state index contributed by atoms with van der Waals surface area (Å²) in [6, 6.07) is 8.15. The summed E-state index contributed by atoms with van der Waals surface area (Å²) in [5.41, 5.74) is 2.21. The first kappa shape index (κ1) is 12.3. The maximum absolute atomic E-state index is 5.34. The number of nitrogens with zero attached hydrogens (tertiary/aromatic N) is 3. The van der Waals surface area contributed by atoms with Crippen molar-refractivity contribution >= 4 is 0 Å². The number of hydrogen-bond donors (Lipinski definition) is 1. The van der Waals surface area contributed by atoms with E-state index in [1.54, 1.807) is 0 Å². The quantitative estimate of drug-likeness (QED) is 0.903. The molecule has 1 aliphatic heterocycles. The molecule has 1 saturated heterocycles. The summed E-state index contributed by atoms with van der Waals surface area (Å²) in [6.45, 7) is 6.91. The lowest BCUT2D eigenvalue weighted by Crippen LogP contribution is -2.42. The van der Waals surface area contributed by atoms with Gasteiger partial charge in [-0.15, -0.1) is 0 Å². The van der Waals surface area contributed by atoms with Gasteiger partial charge in [0.25, 0.3) is 0 Å². The number of hydrogen-bond acceptors (Lipinski definition) is 5. The van der Waals surface area contributed by atoms with Gasteiger partial charge >= 0.3 is 0 Å². The molecule has 3 rings (SSSR count). The van der Waals surface area contributed by atoms with Gasteiger partial charge < -0.3 is 9.84 Å². The summed E-state index contributed by atoms with van der Waals surface area (Å²) in [5.74, 6) is 1.37. The molecule has 0 saturated carbocycles. The number of nitrogens with one attached hydrogen (secondary N) is 1. The van der Waals surface area contributed by atoms with E-state index in [4.69, 9.17) is 4.52 Å². The second kappa shape index (κ2) is 5.50. The van der Waals surface area contributed by atoms with Crippen LogP contribution in [0.5, 0.6) is 0 Å². The molecule has 5 nitrogen and oxygen atoms in total. The Morgan fingerprint density at radius 2 is 2.16 bits per heavy atom. The summed E-state index contributed by atoms with van der Waals surface area (Å²) in [5, 5.41) is 7.39. The fraction of sp³-hybridized carbons (Fsp3) is 0.429. The van der Waals surface area contributed by atoms with Crippen molar-refractivity contribution in [3.63, 3.8) is 0 Å². The zero-order valence-electron chi connectivity index (χ0n) is 11.1. The van der Waals surface area contributed by atoms with Crippen molar-refractivity contribution in [2.24, 2.45) is 0 Å². The SMILES string of the molecule is Cc1cccc(-c2noc(CN3CCNCC3)n2)c1. The van der Waals surface area contributed by atoms with E-state index < -0.39 is 0 Å². The molecule has 5 heteroatoms. The standard InChI is InChI=1S/C14H18N4O/c1-11-3-2-4-12(9-11)14-16-13(19-17-14)10-18-7-5-15-6-8-18/h2-4,9,15H,5-8,10H2,1H3. The third-order valence-corrected chi connectivity index (χ3v) is 3.31. The number of aromatic nitrogens is 2. The van der Waals surface area contributed by atoms with Crippen LogP contribution in [0.4, 0.5) is 0 Å². The highest BCUT2D eigenvalue weighted by molar-refractivity contribution is 5.55. The molecule has 0 unspecified atom stereocenters. The van der Waals surface area contributed by atoms with E-state index in [2.05, 4.69) is 39.4 Å². The molecule has 19 heavy (non-hydrogen) atoms. The molecular weight excluding hydrogens is 240 g/mol. The highest BCUT2D eigenvalue weighted by Gasteiger charge is 2.14. The minimum Gasteiger partial charge on any atom is -0.338 e. The highest BCUT2D eigenvalue weighted by atomic mass is 16.5.